The van der Waals surface area contributed by atoms with Gasteiger partial charge in [-0.3, -0.25) is 0 Å². The van der Waals surface area contributed by atoms with Crippen LogP contribution in [0, 0.1) is 0 Å². The Balaban J connectivity index is 2.13. The molecule has 0 aliphatic heterocycles. The van der Waals surface area contributed by atoms with E-state index in [1.54, 1.807) is 29.2 Å². The van der Waals surface area contributed by atoms with Gasteiger partial charge >= 0.3 is 5.97 Å². The number of ether oxygens (including phenoxy) is 2. The molecule has 124 valence electrons. The molecule has 24 heavy (non-hydrogen) atoms. The topological polar surface area (TPSA) is 61.6 Å². The molecule has 5 nitrogen and oxygen atoms in total. The number of thiazole rings is 1. The second-order valence-corrected chi connectivity index (χ2v) is 6.71. The Labute approximate surface area is 147 Å². The van der Waals surface area contributed by atoms with E-state index in [0.717, 1.165) is 15.4 Å². The molecule has 1 aromatic carbocycles. The Bertz CT molecular complexity index is 910. The third kappa shape index (κ3) is 3.05. The van der Waals surface area contributed by atoms with Crippen LogP contribution >= 0.6 is 23.1 Å². The summed E-state index contributed by atoms with van der Waals surface area (Å²) in [5.74, 6) is 0.177. The van der Waals surface area contributed by atoms with Crippen molar-refractivity contribution in [1.29, 1.82) is 0 Å². The molecule has 0 aliphatic rings. The molecule has 0 N–H and O–H groups in total. The van der Waals surface area contributed by atoms with Gasteiger partial charge in [0.15, 0.2) is 5.76 Å². The fraction of sp³-hybridized carbons (Fsp3) is 0.176. The molecule has 3 aromatic rings. The Morgan fingerprint density at radius 1 is 1.38 bits per heavy atom. The monoisotopic (exact) mass is 361 g/mol. The van der Waals surface area contributed by atoms with E-state index >= 15 is 0 Å². The summed E-state index contributed by atoms with van der Waals surface area (Å²) in [5, 5.41) is 2.84. The molecular weight excluding hydrogens is 346 g/mol. The third-order valence-electron chi connectivity index (χ3n) is 3.39. The molecule has 0 fully saturated rings. The maximum absolute atomic E-state index is 12.0. The van der Waals surface area contributed by atoms with Crippen LogP contribution in [0.4, 0.5) is 0 Å². The van der Waals surface area contributed by atoms with Gasteiger partial charge in [-0.05, 0) is 12.3 Å². The van der Waals surface area contributed by atoms with Gasteiger partial charge in [0.2, 0.25) is 0 Å². The quantitative estimate of drug-likeness (QED) is 0.290. The number of furan rings is 1. The van der Waals surface area contributed by atoms with E-state index in [4.69, 9.17) is 13.9 Å². The standard InChI is InChI=1S/C17H15NO4S2/c1-20-8-12(16(19)21-2)11-6-4-5-10-7-14(22-15(10)11)13-9-24-17(18-13)23-3/h4-9H,1-3H3/b12-8+. The number of aromatic nitrogens is 1. The highest BCUT2D eigenvalue weighted by Gasteiger charge is 2.19. The lowest BCUT2D eigenvalue weighted by Gasteiger charge is -2.06. The molecule has 2 heterocycles. The van der Waals surface area contributed by atoms with Crippen LogP contribution in [0.2, 0.25) is 0 Å². The summed E-state index contributed by atoms with van der Waals surface area (Å²) >= 11 is 3.16. The van der Waals surface area contributed by atoms with Crippen molar-refractivity contribution in [2.45, 2.75) is 4.34 Å². The van der Waals surface area contributed by atoms with Crippen LogP contribution < -0.4 is 0 Å². The minimum atomic E-state index is -0.486. The molecule has 0 radical (unpaired) electrons. The van der Waals surface area contributed by atoms with E-state index in [1.165, 1.54) is 20.5 Å². The number of hydrogen-bond donors (Lipinski definition) is 0. The molecule has 3 rings (SSSR count). The summed E-state index contributed by atoms with van der Waals surface area (Å²) in [5.41, 5.74) is 2.30. The predicted octanol–water partition coefficient (Wildman–Crippen LogP) is 4.44. The Morgan fingerprint density at radius 2 is 2.21 bits per heavy atom. The lowest BCUT2D eigenvalue weighted by Crippen LogP contribution is -2.04. The molecule has 0 saturated heterocycles. The maximum Gasteiger partial charge on any atom is 0.341 e. The van der Waals surface area contributed by atoms with Gasteiger partial charge in [-0.1, -0.05) is 30.0 Å². The van der Waals surface area contributed by atoms with E-state index in [9.17, 15) is 4.79 Å². The van der Waals surface area contributed by atoms with Crippen molar-refractivity contribution in [3.63, 3.8) is 0 Å². The van der Waals surface area contributed by atoms with E-state index in [2.05, 4.69) is 4.98 Å². The minimum absolute atomic E-state index is 0.301. The number of fused-ring (bicyclic) bond motifs is 1. The number of carbonyl (C=O) groups is 1. The molecular formula is C17H15NO4S2. The number of rotatable bonds is 5. The van der Waals surface area contributed by atoms with Gasteiger partial charge in [-0.25, -0.2) is 9.78 Å². The number of carbonyl (C=O) groups excluding carboxylic acids is 1. The zero-order valence-electron chi connectivity index (χ0n) is 13.4. The van der Waals surface area contributed by atoms with Crippen LogP contribution in [0.1, 0.15) is 5.56 Å². The molecule has 0 amide bonds. The fourth-order valence-electron chi connectivity index (χ4n) is 2.31. The first-order valence-electron chi connectivity index (χ1n) is 7.02. The van der Waals surface area contributed by atoms with Crippen molar-refractivity contribution in [3.05, 3.63) is 41.5 Å². The number of hydrogen-bond acceptors (Lipinski definition) is 7. The highest BCUT2D eigenvalue weighted by Crippen LogP contribution is 2.34. The molecule has 0 atom stereocenters. The zero-order valence-corrected chi connectivity index (χ0v) is 15.0. The van der Waals surface area contributed by atoms with Gasteiger partial charge in [-0.15, -0.1) is 11.3 Å². The van der Waals surface area contributed by atoms with Gasteiger partial charge in [0.1, 0.15) is 21.2 Å². The van der Waals surface area contributed by atoms with Crippen molar-refractivity contribution < 1.29 is 18.7 Å². The molecule has 0 saturated carbocycles. The van der Waals surface area contributed by atoms with Gasteiger partial charge in [0.05, 0.1) is 20.5 Å². The molecule has 0 spiro atoms. The number of esters is 1. The summed E-state index contributed by atoms with van der Waals surface area (Å²) in [6.45, 7) is 0. The lowest BCUT2D eigenvalue weighted by molar-refractivity contribution is -0.133. The maximum atomic E-state index is 12.0. The number of thioether (sulfide) groups is 1. The summed E-state index contributed by atoms with van der Waals surface area (Å²) < 4.78 is 16.8. The van der Waals surface area contributed by atoms with Crippen LogP contribution in [-0.4, -0.2) is 31.4 Å². The Hall–Kier alpha value is -2.25. The number of nitrogens with zero attached hydrogens (tertiary/aromatic N) is 1. The SMILES string of the molecule is CO/C=C(/C(=O)OC)c1cccc2cc(-c3csc(SC)n3)oc12. The molecule has 0 unspecified atom stereocenters. The van der Waals surface area contributed by atoms with Crippen molar-refractivity contribution in [1.82, 2.24) is 4.98 Å². The predicted molar refractivity (Wildman–Crippen MR) is 96.1 cm³/mol. The summed E-state index contributed by atoms with van der Waals surface area (Å²) in [4.78, 5) is 16.6. The second kappa shape index (κ2) is 7.11. The molecule has 0 bridgehead atoms. The Morgan fingerprint density at radius 3 is 2.88 bits per heavy atom. The van der Waals surface area contributed by atoms with Gasteiger partial charge in [0.25, 0.3) is 0 Å². The van der Waals surface area contributed by atoms with Crippen molar-refractivity contribution in [2.24, 2.45) is 0 Å². The normalized spacial score (nSPS) is 11.7. The summed E-state index contributed by atoms with van der Waals surface area (Å²) in [6.07, 6.45) is 3.34. The van der Waals surface area contributed by atoms with Gasteiger partial charge in [0, 0.05) is 16.3 Å². The first-order valence-corrected chi connectivity index (χ1v) is 9.12. The first kappa shape index (κ1) is 16.6. The van der Waals surface area contributed by atoms with E-state index < -0.39 is 5.97 Å². The highest BCUT2D eigenvalue weighted by molar-refractivity contribution is 8.00. The van der Waals surface area contributed by atoms with Gasteiger partial charge in [-0.2, -0.15) is 0 Å². The highest BCUT2D eigenvalue weighted by atomic mass is 32.2. The number of para-hydroxylation sites is 1. The molecule has 7 heteroatoms. The second-order valence-electron chi connectivity index (χ2n) is 4.80. The zero-order chi connectivity index (χ0) is 17.1. The summed E-state index contributed by atoms with van der Waals surface area (Å²) in [6, 6.07) is 7.50. The largest absolute Gasteiger partial charge is 0.503 e. The van der Waals surface area contributed by atoms with Crippen LogP contribution in [0.25, 0.3) is 28.0 Å². The average molecular weight is 361 g/mol. The minimum Gasteiger partial charge on any atom is -0.503 e. The van der Waals surface area contributed by atoms with Crippen molar-refractivity contribution in [2.75, 3.05) is 20.5 Å². The molecule has 2 aromatic heterocycles. The fourth-order valence-corrected chi connectivity index (χ4v) is 3.57. The van der Waals surface area contributed by atoms with Crippen LogP contribution in [0.3, 0.4) is 0 Å². The summed E-state index contributed by atoms with van der Waals surface area (Å²) in [7, 11) is 2.81. The Kier molecular flexibility index (Phi) is 4.92. The lowest BCUT2D eigenvalue weighted by atomic mass is 10.0. The van der Waals surface area contributed by atoms with Crippen LogP contribution in [0.5, 0.6) is 0 Å². The molecule has 0 aliphatic carbocycles. The van der Waals surface area contributed by atoms with Crippen molar-refractivity contribution >= 4 is 45.6 Å². The first-order chi connectivity index (χ1) is 11.7. The smallest absolute Gasteiger partial charge is 0.341 e. The number of benzene rings is 1. The number of methoxy groups -OCH3 is 2. The van der Waals surface area contributed by atoms with Crippen LogP contribution in [-0.2, 0) is 14.3 Å². The van der Waals surface area contributed by atoms with Crippen LogP contribution in [0.15, 0.2) is 44.7 Å². The van der Waals surface area contributed by atoms with E-state index in [1.807, 2.05) is 29.8 Å². The third-order valence-corrected chi connectivity index (χ3v) is 5.25. The van der Waals surface area contributed by atoms with Gasteiger partial charge < -0.3 is 13.9 Å². The average Bonchev–Trinajstić information content (AvgIpc) is 3.24. The van der Waals surface area contributed by atoms with E-state index in [-0.39, 0.29) is 0 Å². The van der Waals surface area contributed by atoms with Crippen molar-refractivity contribution in [3.8, 4) is 11.5 Å². The van der Waals surface area contributed by atoms with E-state index in [0.29, 0.717) is 22.5 Å².